The number of hydrogen-bond acceptors (Lipinski definition) is 6. The summed E-state index contributed by atoms with van der Waals surface area (Å²) in [6.07, 6.45) is 1.83. The number of carbonyl (C=O) groups is 1. The van der Waals surface area contributed by atoms with Crippen molar-refractivity contribution in [3.8, 4) is 5.75 Å². The Labute approximate surface area is 234 Å². The average Bonchev–Trinajstić information content (AvgIpc) is 3.29. The first-order chi connectivity index (χ1) is 19.5. The molecular formula is C33H26N2O4S. The minimum absolute atomic E-state index is 0.227. The molecule has 0 amide bonds. The number of aromatic nitrogens is 1. The number of nitrogens with zero attached hydrogens (tertiary/aromatic N) is 2. The van der Waals surface area contributed by atoms with Crippen molar-refractivity contribution in [1.29, 1.82) is 0 Å². The van der Waals surface area contributed by atoms with E-state index in [1.807, 2.05) is 78.9 Å². The van der Waals surface area contributed by atoms with Gasteiger partial charge in [-0.3, -0.25) is 9.36 Å². The smallest absolute Gasteiger partial charge is 0.338 e. The van der Waals surface area contributed by atoms with Crippen molar-refractivity contribution in [1.82, 2.24) is 4.57 Å². The van der Waals surface area contributed by atoms with Crippen molar-refractivity contribution in [2.45, 2.75) is 19.6 Å². The van der Waals surface area contributed by atoms with Crippen LogP contribution in [0.25, 0.3) is 16.8 Å². The highest BCUT2D eigenvalue weighted by molar-refractivity contribution is 7.07. The molecular weight excluding hydrogens is 520 g/mol. The van der Waals surface area contributed by atoms with Gasteiger partial charge < -0.3 is 9.47 Å². The van der Waals surface area contributed by atoms with Crippen LogP contribution < -0.4 is 19.6 Å². The van der Waals surface area contributed by atoms with Gasteiger partial charge in [0.15, 0.2) is 4.80 Å². The molecule has 0 spiro atoms. The average molecular weight is 547 g/mol. The van der Waals surface area contributed by atoms with Crippen LogP contribution in [0.3, 0.4) is 0 Å². The van der Waals surface area contributed by atoms with Crippen LogP contribution in [-0.4, -0.2) is 17.6 Å². The van der Waals surface area contributed by atoms with E-state index in [1.165, 1.54) is 18.4 Å². The zero-order chi connectivity index (χ0) is 27.6. The summed E-state index contributed by atoms with van der Waals surface area (Å²) in [4.78, 5) is 31.9. The van der Waals surface area contributed by atoms with E-state index in [4.69, 9.17) is 9.47 Å². The van der Waals surface area contributed by atoms with Gasteiger partial charge in [0, 0.05) is 5.56 Å². The molecule has 1 aliphatic heterocycles. The van der Waals surface area contributed by atoms with Crippen molar-refractivity contribution in [2.24, 2.45) is 4.99 Å². The van der Waals surface area contributed by atoms with Gasteiger partial charge in [-0.05, 0) is 41.0 Å². The lowest BCUT2D eigenvalue weighted by atomic mass is 9.96. The third-order valence-corrected chi connectivity index (χ3v) is 7.99. The molecule has 7 heteroatoms. The van der Waals surface area contributed by atoms with Gasteiger partial charge in [0.25, 0.3) is 5.56 Å². The van der Waals surface area contributed by atoms with Crippen LogP contribution in [0.2, 0.25) is 0 Å². The minimum atomic E-state index is -0.634. The summed E-state index contributed by atoms with van der Waals surface area (Å²) < 4.78 is 13.5. The highest BCUT2D eigenvalue weighted by Gasteiger charge is 2.32. The van der Waals surface area contributed by atoms with Crippen LogP contribution in [0.4, 0.5) is 0 Å². The summed E-state index contributed by atoms with van der Waals surface area (Å²) in [5, 5.41) is 2.31. The maximum Gasteiger partial charge on any atom is 0.338 e. The van der Waals surface area contributed by atoms with E-state index in [9.17, 15) is 9.59 Å². The van der Waals surface area contributed by atoms with E-state index in [2.05, 4.69) is 29.3 Å². The molecule has 6 nitrogen and oxygen atoms in total. The molecule has 6 rings (SSSR count). The standard InChI is InChI=1S/C33H26N2O4S/c1-21-29(32(37)38-2)30(23-12-4-3-5-13-23)35-31(36)28(40-33(35)34-21)19-24-14-7-9-18-27(24)39-20-25-16-10-15-22-11-6-8-17-26(22)25/h3-19,30H,20H2,1-2H3. The van der Waals surface area contributed by atoms with E-state index < -0.39 is 12.0 Å². The van der Waals surface area contributed by atoms with E-state index >= 15 is 0 Å². The quantitative estimate of drug-likeness (QED) is 0.277. The third kappa shape index (κ3) is 4.65. The van der Waals surface area contributed by atoms with E-state index in [0.29, 0.717) is 33.0 Å². The second-order valence-electron chi connectivity index (χ2n) is 9.45. The number of thiazole rings is 1. The fourth-order valence-electron chi connectivity index (χ4n) is 5.09. The van der Waals surface area contributed by atoms with Gasteiger partial charge in [-0.2, -0.15) is 0 Å². The lowest BCUT2D eigenvalue weighted by Gasteiger charge is -2.24. The zero-order valence-electron chi connectivity index (χ0n) is 22.0. The third-order valence-electron chi connectivity index (χ3n) is 7.01. The number of hydrogen-bond donors (Lipinski definition) is 0. The van der Waals surface area contributed by atoms with Crippen LogP contribution in [0.5, 0.6) is 5.75 Å². The first-order valence-corrected chi connectivity index (χ1v) is 13.7. The maximum atomic E-state index is 13.9. The second-order valence-corrected chi connectivity index (χ2v) is 10.5. The Bertz CT molecular complexity index is 1950. The monoisotopic (exact) mass is 546 g/mol. The summed E-state index contributed by atoms with van der Waals surface area (Å²) in [7, 11) is 1.34. The number of allylic oxidation sites excluding steroid dienone is 1. The highest BCUT2D eigenvalue weighted by atomic mass is 32.1. The van der Waals surface area contributed by atoms with E-state index in [1.54, 1.807) is 11.5 Å². The predicted molar refractivity (Wildman–Crippen MR) is 157 cm³/mol. The highest BCUT2D eigenvalue weighted by Crippen LogP contribution is 2.30. The number of ether oxygens (including phenoxy) is 2. The zero-order valence-corrected chi connectivity index (χ0v) is 22.9. The first-order valence-electron chi connectivity index (χ1n) is 12.9. The molecule has 1 aliphatic rings. The Morgan fingerprint density at radius 3 is 2.50 bits per heavy atom. The van der Waals surface area contributed by atoms with Crippen molar-refractivity contribution in [3.05, 3.63) is 145 Å². The Hall–Kier alpha value is -4.75. The lowest BCUT2D eigenvalue weighted by Crippen LogP contribution is -2.39. The SMILES string of the molecule is COC(=O)C1=C(C)N=c2sc(=Cc3ccccc3OCc3cccc4ccccc34)c(=O)n2C1c1ccccc1. The van der Waals surface area contributed by atoms with Crippen LogP contribution in [-0.2, 0) is 16.1 Å². The molecule has 0 fully saturated rings. The van der Waals surface area contributed by atoms with E-state index in [0.717, 1.165) is 27.5 Å². The van der Waals surface area contributed by atoms with Gasteiger partial charge in [-0.15, -0.1) is 0 Å². The summed E-state index contributed by atoms with van der Waals surface area (Å²) in [6.45, 7) is 2.17. The van der Waals surface area contributed by atoms with Crippen LogP contribution in [0.1, 0.15) is 29.7 Å². The van der Waals surface area contributed by atoms with Crippen LogP contribution in [0, 0.1) is 0 Å². The molecule has 198 valence electrons. The summed E-state index contributed by atoms with van der Waals surface area (Å²) in [5.74, 6) is 0.170. The van der Waals surface area contributed by atoms with E-state index in [-0.39, 0.29) is 5.56 Å². The molecule has 0 saturated heterocycles. The van der Waals surface area contributed by atoms with Crippen LogP contribution in [0.15, 0.2) is 118 Å². The Morgan fingerprint density at radius 1 is 0.950 bits per heavy atom. The summed E-state index contributed by atoms with van der Waals surface area (Å²) in [5.41, 5.74) is 3.34. The molecule has 4 aromatic carbocycles. The van der Waals surface area contributed by atoms with Crippen molar-refractivity contribution < 1.29 is 14.3 Å². The van der Waals surface area contributed by atoms with Gasteiger partial charge >= 0.3 is 5.97 Å². The number of methoxy groups -OCH3 is 1. The normalized spacial score (nSPS) is 15.1. The molecule has 0 radical (unpaired) electrons. The molecule has 1 unspecified atom stereocenters. The van der Waals surface area contributed by atoms with Gasteiger partial charge in [-0.1, -0.05) is 102 Å². The molecule has 1 atom stereocenters. The minimum Gasteiger partial charge on any atom is -0.488 e. The van der Waals surface area contributed by atoms with Gasteiger partial charge in [0.05, 0.1) is 29.0 Å². The van der Waals surface area contributed by atoms with Crippen molar-refractivity contribution in [2.75, 3.05) is 7.11 Å². The summed E-state index contributed by atoms with van der Waals surface area (Å²) >= 11 is 1.29. The molecule has 1 aromatic heterocycles. The largest absolute Gasteiger partial charge is 0.488 e. The molecule has 0 N–H and O–H groups in total. The second kappa shape index (κ2) is 10.8. The number of para-hydroxylation sites is 1. The van der Waals surface area contributed by atoms with Crippen molar-refractivity contribution in [3.63, 3.8) is 0 Å². The number of benzene rings is 4. The van der Waals surface area contributed by atoms with Crippen molar-refractivity contribution >= 4 is 34.2 Å². The topological polar surface area (TPSA) is 69.9 Å². The van der Waals surface area contributed by atoms with Crippen LogP contribution >= 0.6 is 11.3 Å². The maximum absolute atomic E-state index is 13.9. The van der Waals surface area contributed by atoms with Gasteiger partial charge in [0.2, 0.25) is 0 Å². The molecule has 5 aromatic rings. The number of fused-ring (bicyclic) bond motifs is 2. The number of rotatable bonds is 6. The van der Waals surface area contributed by atoms with Gasteiger partial charge in [0.1, 0.15) is 12.4 Å². The Kier molecular flexibility index (Phi) is 6.88. The Balaban J connectivity index is 1.42. The Morgan fingerprint density at radius 2 is 1.68 bits per heavy atom. The number of carbonyl (C=O) groups excluding carboxylic acids is 1. The molecule has 40 heavy (non-hydrogen) atoms. The van der Waals surface area contributed by atoms with Gasteiger partial charge in [-0.25, -0.2) is 9.79 Å². The molecule has 0 aliphatic carbocycles. The molecule has 0 saturated carbocycles. The lowest BCUT2D eigenvalue weighted by molar-refractivity contribution is -0.136. The molecule has 0 bridgehead atoms. The fourth-order valence-corrected chi connectivity index (χ4v) is 6.13. The molecule has 2 heterocycles. The number of esters is 1. The summed E-state index contributed by atoms with van der Waals surface area (Å²) in [6, 6.07) is 30.9. The fraction of sp³-hybridized carbons (Fsp3) is 0.121. The first kappa shape index (κ1) is 25.5. The predicted octanol–water partition coefficient (Wildman–Crippen LogP) is 5.14.